The molecule has 0 bridgehead atoms. The molecule has 0 radical (unpaired) electrons. The van der Waals surface area contributed by atoms with Gasteiger partial charge in [0.05, 0.1) is 18.1 Å². The van der Waals surface area contributed by atoms with Crippen molar-refractivity contribution in [2.24, 2.45) is 0 Å². The lowest BCUT2D eigenvalue weighted by atomic mass is 10.00. The van der Waals surface area contributed by atoms with Crippen molar-refractivity contribution in [1.82, 2.24) is 4.90 Å². The second-order valence-electron chi connectivity index (χ2n) is 4.03. The van der Waals surface area contributed by atoms with Crippen molar-refractivity contribution in [3.63, 3.8) is 0 Å². The third-order valence-electron chi connectivity index (χ3n) is 2.97. The van der Waals surface area contributed by atoms with Crippen LogP contribution >= 0.6 is 0 Å². The highest BCUT2D eigenvalue weighted by molar-refractivity contribution is 5.88. The molecule has 0 spiro atoms. The molecule has 5 nitrogen and oxygen atoms in total. The maximum Gasteiger partial charge on any atom is 0.233 e. The molecule has 1 amide bonds. The normalized spacial score (nSPS) is 16.0. The first-order valence-electron chi connectivity index (χ1n) is 5.63. The molecule has 1 aromatic carbocycles. The van der Waals surface area contributed by atoms with E-state index in [1.165, 1.54) is 4.90 Å². The molecule has 0 saturated heterocycles. The summed E-state index contributed by atoms with van der Waals surface area (Å²) in [5, 5.41) is 20.5. The molecule has 1 atom stereocenters. The zero-order valence-corrected chi connectivity index (χ0v) is 9.76. The highest BCUT2D eigenvalue weighted by Crippen LogP contribution is 2.32. The van der Waals surface area contributed by atoms with Gasteiger partial charge in [-0.25, -0.2) is 0 Å². The standard InChI is InChI=1S/C13H12N4O/c14-5-7-17(8-6-15)13(18)11-9-16-12-4-2-1-3-10(11)12/h1-4,11,16H,7-9H2. The molecule has 18 heavy (non-hydrogen) atoms. The van der Waals surface area contributed by atoms with Crippen LogP contribution in [0.1, 0.15) is 11.5 Å². The zero-order valence-electron chi connectivity index (χ0n) is 9.76. The van der Waals surface area contributed by atoms with Crippen molar-refractivity contribution in [1.29, 1.82) is 10.5 Å². The lowest BCUT2D eigenvalue weighted by Crippen LogP contribution is -2.36. The fourth-order valence-corrected chi connectivity index (χ4v) is 2.11. The smallest absolute Gasteiger partial charge is 0.233 e. The Morgan fingerprint density at radius 3 is 2.67 bits per heavy atom. The molecule has 2 rings (SSSR count). The first-order chi connectivity index (χ1) is 8.77. The van der Waals surface area contributed by atoms with Gasteiger partial charge >= 0.3 is 0 Å². The van der Waals surface area contributed by atoms with E-state index in [9.17, 15) is 4.79 Å². The summed E-state index contributed by atoms with van der Waals surface area (Å²) >= 11 is 0. The van der Waals surface area contributed by atoms with Crippen molar-refractivity contribution in [2.75, 3.05) is 25.0 Å². The van der Waals surface area contributed by atoms with Crippen molar-refractivity contribution < 1.29 is 4.79 Å². The van der Waals surface area contributed by atoms with E-state index >= 15 is 0 Å². The monoisotopic (exact) mass is 240 g/mol. The zero-order chi connectivity index (χ0) is 13.0. The summed E-state index contributed by atoms with van der Waals surface area (Å²) in [5.74, 6) is -0.474. The number of rotatable bonds is 3. The summed E-state index contributed by atoms with van der Waals surface area (Å²) in [6.07, 6.45) is 0. The Hall–Kier alpha value is -2.53. The van der Waals surface area contributed by atoms with Crippen LogP contribution in [0.2, 0.25) is 0 Å². The van der Waals surface area contributed by atoms with Crippen molar-refractivity contribution in [2.45, 2.75) is 5.92 Å². The Balaban J connectivity index is 2.21. The van der Waals surface area contributed by atoms with E-state index in [4.69, 9.17) is 10.5 Å². The number of benzene rings is 1. The molecule has 5 heteroatoms. The number of hydrogen-bond acceptors (Lipinski definition) is 4. The molecule has 1 unspecified atom stereocenters. The maximum absolute atomic E-state index is 12.3. The van der Waals surface area contributed by atoms with Crippen molar-refractivity contribution in [3.8, 4) is 12.1 Å². The predicted molar refractivity (Wildman–Crippen MR) is 65.5 cm³/mol. The molecule has 1 heterocycles. The van der Waals surface area contributed by atoms with E-state index < -0.39 is 0 Å². The van der Waals surface area contributed by atoms with Gasteiger partial charge in [-0.05, 0) is 11.6 Å². The second kappa shape index (κ2) is 5.20. The van der Waals surface area contributed by atoms with Crippen molar-refractivity contribution >= 4 is 11.6 Å². The first kappa shape index (κ1) is 11.9. The van der Waals surface area contributed by atoms with Gasteiger partial charge in [0.1, 0.15) is 13.1 Å². The fraction of sp³-hybridized carbons (Fsp3) is 0.308. The number of anilines is 1. The van der Waals surface area contributed by atoms with Crippen LogP contribution in [-0.4, -0.2) is 30.4 Å². The van der Waals surface area contributed by atoms with Crippen LogP contribution < -0.4 is 5.32 Å². The van der Waals surface area contributed by atoms with Gasteiger partial charge in [-0.15, -0.1) is 0 Å². The molecule has 1 N–H and O–H groups in total. The average molecular weight is 240 g/mol. The first-order valence-corrected chi connectivity index (χ1v) is 5.63. The lowest BCUT2D eigenvalue weighted by molar-refractivity contribution is -0.131. The molecule has 0 fully saturated rings. The molecule has 1 aromatic rings. The van der Waals surface area contributed by atoms with Crippen LogP contribution in [0.5, 0.6) is 0 Å². The molecule has 0 aromatic heterocycles. The van der Waals surface area contributed by atoms with E-state index in [1.54, 1.807) is 0 Å². The van der Waals surface area contributed by atoms with Crippen LogP contribution in [0.4, 0.5) is 5.69 Å². The number of nitrogens with one attached hydrogen (secondary N) is 1. The Bertz CT molecular complexity index is 525. The highest BCUT2D eigenvalue weighted by Gasteiger charge is 2.31. The summed E-state index contributed by atoms with van der Waals surface area (Å²) in [4.78, 5) is 13.6. The van der Waals surface area contributed by atoms with Crippen LogP contribution in [0.15, 0.2) is 24.3 Å². The molecule has 1 aliphatic rings. The van der Waals surface area contributed by atoms with E-state index in [-0.39, 0.29) is 24.9 Å². The number of carbonyl (C=O) groups is 1. The lowest BCUT2D eigenvalue weighted by Gasteiger charge is -2.20. The number of nitrogens with zero attached hydrogens (tertiary/aromatic N) is 3. The van der Waals surface area contributed by atoms with E-state index in [1.807, 2.05) is 36.4 Å². The summed E-state index contributed by atoms with van der Waals surface area (Å²) in [6, 6.07) is 11.4. The second-order valence-corrected chi connectivity index (χ2v) is 4.03. The third kappa shape index (κ3) is 2.11. The van der Waals surface area contributed by atoms with Crippen molar-refractivity contribution in [3.05, 3.63) is 29.8 Å². The van der Waals surface area contributed by atoms with Gasteiger partial charge in [0.15, 0.2) is 0 Å². The highest BCUT2D eigenvalue weighted by atomic mass is 16.2. The van der Waals surface area contributed by atoms with Crippen LogP contribution in [0.25, 0.3) is 0 Å². The maximum atomic E-state index is 12.3. The number of hydrogen-bond donors (Lipinski definition) is 1. The fourth-order valence-electron chi connectivity index (χ4n) is 2.11. The largest absolute Gasteiger partial charge is 0.384 e. The summed E-state index contributed by atoms with van der Waals surface area (Å²) in [6.45, 7) is 0.418. The van der Waals surface area contributed by atoms with Gasteiger partial charge in [-0.2, -0.15) is 10.5 Å². The molecule has 0 aliphatic carbocycles. The van der Waals surface area contributed by atoms with E-state index in [0.29, 0.717) is 6.54 Å². The minimum atomic E-state index is -0.303. The van der Waals surface area contributed by atoms with Gasteiger partial charge in [0.2, 0.25) is 5.91 Å². The molecular weight excluding hydrogens is 228 g/mol. The Kier molecular flexibility index (Phi) is 3.45. The minimum Gasteiger partial charge on any atom is -0.384 e. The number of para-hydroxylation sites is 1. The molecule has 0 saturated carbocycles. The molecule has 90 valence electrons. The summed E-state index contributed by atoms with van der Waals surface area (Å²) in [5.41, 5.74) is 1.88. The van der Waals surface area contributed by atoms with Gasteiger partial charge in [0, 0.05) is 12.2 Å². The van der Waals surface area contributed by atoms with Gasteiger partial charge < -0.3 is 10.2 Å². The minimum absolute atomic E-state index is 0.0505. The van der Waals surface area contributed by atoms with Gasteiger partial charge in [-0.3, -0.25) is 4.79 Å². The summed E-state index contributed by atoms with van der Waals surface area (Å²) in [7, 11) is 0. The summed E-state index contributed by atoms with van der Waals surface area (Å²) < 4.78 is 0. The van der Waals surface area contributed by atoms with Gasteiger partial charge in [-0.1, -0.05) is 18.2 Å². The Morgan fingerprint density at radius 2 is 2.00 bits per heavy atom. The topological polar surface area (TPSA) is 79.9 Å². The van der Waals surface area contributed by atoms with Gasteiger partial charge in [0.25, 0.3) is 0 Å². The number of amides is 1. The number of carbonyl (C=O) groups excluding carboxylic acids is 1. The quantitative estimate of drug-likeness (QED) is 0.801. The molecular formula is C13H12N4O. The third-order valence-corrected chi connectivity index (χ3v) is 2.97. The van der Waals surface area contributed by atoms with E-state index in [2.05, 4.69) is 5.32 Å². The molecule has 1 aliphatic heterocycles. The van der Waals surface area contributed by atoms with Crippen LogP contribution in [-0.2, 0) is 4.79 Å². The SMILES string of the molecule is N#CCN(CC#N)C(=O)C1CNc2ccccc21. The Labute approximate surface area is 105 Å². The predicted octanol–water partition coefficient (Wildman–Crippen LogP) is 1.07. The Morgan fingerprint density at radius 1 is 1.33 bits per heavy atom. The number of nitriles is 2. The average Bonchev–Trinajstić information content (AvgIpc) is 2.81. The number of fused-ring (bicyclic) bond motifs is 1. The van der Waals surface area contributed by atoms with Crippen LogP contribution in [0.3, 0.4) is 0 Å². The van der Waals surface area contributed by atoms with Crippen LogP contribution in [0, 0.1) is 22.7 Å². The van der Waals surface area contributed by atoms with E-state index in [0.717, 1.165) is 11.3 Å².